The van der Waals surface area contributed by atoms with E-state index >= 15 is 0 Å². The van der Waals surface area contributed by atoms with Crippen molar-refractivity contribution in [1.82, 2.24) is 20.2 Å². The van der Waals surface area contributed by atoms with Gasteiger partial charge in [-0.2, -0.15) is 5.21 Å². The lowest BCUT2D eigenvalue weighted by atomic mass is 10.3. The molecule has 90 valence electrons. The van der Waals surface area contributed by atoms with E-state index in [1.54, 1.807) is 24.3 Å². The van der Waals surface area contributed by atoms with Crippen LogP contribution in [0, 0.1) is 4.77 Å². The van der Waals surface area contributed by atoms with E-state index < -0.39 is 10.0 Å². The molecule has 2 aromatic rings. The van der Waals surface area contributed by atoms with Gasteiger partial charge >= 0.3 is 0 Å². The van der Waals surface area contributed by atoms with Crippen LogP contribution in [0.3, 0.4) is 0 Å². The van der Waals surface area contributed by atoms with Gasteiger partial charge in [0, 0.05) is 5.69 Å². The van der Waals surface area contributed by atoms with Crippen LogP contribution in [0.25, 0.3) is 5.69 Å². The van der Waals surface area contributed by atoms with E-state index in [1.165, 1.54) is 4.68 Å². The molecule has 0 saturated heterocycles. The van der Waals surface area contributed by atoms with Gasteiger partial charge in [0.25, 0.3) is 0 Å². The number of sulfonamides is 1. The average molecular weight is 271 g/mol. The van der Waals surface area contributed by atoms with E-state index in [1.807, 2.05) is 0 Å². The van der Waals surface area contributed by atoms with Crippen molar-refractivity contribution in [3.05, 3.63) is 29.0 Å². The summed E-state index contributed by atoms with van der Waals surface area (Å²) in [6, 6.07) is 6.64. The summed E-state index contributed by atoms with van der Waals surface area (Å²) in [6.45, 7) is 0. The van der Waals surface area contributed by atoms with Crippen molar-refractivity contribution in [3.63, 3.8) is 0 Å². The van der Waals surface area contributed by atoms with E-state index in [0.717, 1.165) is 11.9 Å². The number of anilines is 1. The topological polar surface area (TPSA) is 92.7 Å². The van der Waals surface area contributed by atoms with Crippen molar-refractivity contribution in [2.24, 2.45) is 0 Å². The highest BCUT2D eigenvalue weighted by atomic mass is 32.2. The van der Waals surface area contributed by atoms with Crippen LogP contribution in [0.2, 0.25) is 0 Å². The highest BCUT2D eigenvalue weighted by molar-refractivity contribution is 7.92. The number of hydrogen-bond acceptors (Lipinski definition) is 5. The average Bonchev–Trinajstić information content (AvgIpc) is 2.63. The maximum atomic E-state index is 11.0. The normalized spacial score (nSPS) is 11.4. The van der Waals surface area contributed by atoms with Gasteiger partial charge in [-0.1, -0.05) is 10.3 Å². The summed E-state index contributed by atoms with van der Waals surface area (Å²) in [6.07, 6.45) is 1.09. The summed E-state index contributed by atoms with van der Waals surface area (Å²) in [5.74, 6) is 0. The number of H-pyrrole nitrogens is 1. The Balaban J connectivity index is 2.31. The van der Waals surface area contributed by atoms with Crippen molar-refractivity contribution in [3.8, 4) is 5.69 Å². The van der Waals surface area contributed by atoms with E-state index in [0.29, 0.717) is 10.5 Å². The van der Waals surface area contributed by atoms with Crippen LogP contribution in [0.15, 0.2) is 24.3 Å². The highest BCUT2D eigenvalue weighted by Gasteiger charge is 2.03. The first-order valence-electron chi connectivity index (χ1n) is 4.54. The van der Waals surface area contributed by atoms with Crippen LogP contribution in [0.1, 0.15) is 0 Å². The van der Waals surface area contributed by atoms with Gasteiger partial charge in [-0.15, -0.1) is 0 Å². The summed E-state index contributed by atoms with van der Waals surface area (Å²) in [5.41, 5.74) is 1.20. The number of nitrogens with one attached hydrogen (secondary N) is 2. The third kappa shape index (κ3) is 2.88. The van der Waals surface area contributed by atoms with Crippen LogP contribution >= 0.6 is 12.2 Å². The van der Waals surface area contributed by atoms with Crippen molar-refractivity contribution in [2.45, 2.75) is 0 Å². The van der Waals surface area contributed by atoms with Crippen LogP contribution in [-0.4, -0.2) is 34.9 Å². The lowest BCUT2D eigenvalue weighted by molar-refractivity contribution is 0.607. The molecule has 17 heavy (non-hydrogen) atoms. The Kier molecular flexibility index (Phi) is 2.94. The fraction of sp³-hybridized carbons (Fsp3) is 0.125. The highest BCUT2D eigenvalue weighted by Crippen LogP contribution is 2.13. The van der Waals surface area contributed by atoms with Crippen molar-refractivity contribution < 1.29 is 8.42 Å². The van der Waals surface area contributed by atoms with Gasteiger partial charge in [0.2, 0.25) is 14.8 Å². The number of benzene rings is 1. The van der Waals surface area contributed by atoms with Gasteiger partial charge in [-0.3, -0.25) is 4.72 Å². The Hall–Kier alpha value is -1.74. The van der Waals surface area contributed by atoms with E-state index in [4.69, 9.17) is 12.2 Å². The van der Waals surface area contributed by atoms with Gasteiger partial charge in [-0.25, -0.2) is 13.1 Å². The molecule has 0 aliphatic rings. The van der Waals surface area contributed by atoms with Gasteiger partial charge < -0.3 is 0 Å². The zero-order chi connectivity index (χ0) is 12.5. The van der Waals surface area contributed by atoms with Gasteiger partial charge in [0.05, 0.1) is 11.9 Å². The predicted molar refractivity (Wildman–Crippen MR) is 65.0 cm³/mol. The first kappa shape index (κ1) is 11.7. The van der Waals surface area contributed by atoms with E-state index in [2.05, 4.69) is 20.2 Å². The Morgan fingerprint density at radius 2 is 2.00 bits per heavy atom. The molecule has 2 rings (SSSR count). The van der Waals surface area contributed by atoms with Gasteiger partial charge in [-0.05, 0) is 36.5 Å². The predicted octanol–water partition coefficient (Wildman–Crippen LogP) is 0.696. The molecule has 0 bridgehead atoms. The molecule has 2 N–H and O–H groups in total. The molecule has 0 aliphatic heterocycles. The molecular weight excluding hydrogens is 262 g/mol. The summed E-state index contributed by atoms with van der Waals surface area (Å²) in [4.78, 5) is 0. The molecular formula is C8H9N5O2S2. The van der Waals surface area contributed by atoms with Crippen LogP contribution in [-0.2, 0) is 10.0 Å². The molecule has 9 heteroatoms. The van der Waals surface area contributed by atoms with E-state index in [9.17, 15) is 8.42 Å². The standard InChI is InChI=1S/C8H9N5O2S2/c1-17(14,15)10-6-2-4-7(5-3-6)13-8(16)9-11-12-13/h2-5,10H,1H3,(H,9,12,16). The number of hydrogen-bond donors (Lipinski definition) is 2. The molecule has 0 radical (unpaired) electrons. The minimum Gasteiger partial charge on any atom is -0.284 e. The largest absolute Gasteiger partial charge is 0.284 e. The molecule has 0 atom stereocenters. The monoisotopic (exact) mass is 271 g/mol. The molecule has 0 unspecified atom stereocenters. The van der Waals surface area contributed by atoms with Crippen molar-refractivity contribution >= 4 is 27.9 Å². The molecule has 7 nitrogen and oxygen atoms in total. The first-order valence-corrected chi connectivity index (χ1v) is 6.84. The lowest BCUT2D eigenvalue weighted by Crippen LogP contribution is -2.09. The fourth-order valence-corrected chi connectivity index (χ4v) is 2.01. The lowest BCUT2D eigenvalue weighted by Gasteiger charge is -2.05. The van der Waals surface area contributed by atoms with E-state index in [-0.39, 0.29) is 0 Å². The van der Waals surface area contributed by atoms with Gasteiger partial charge in [0.15, 0.2) is 0 Å². The fourth-order valence-electron chi connectivity index (χ4n) is 1.26. The molecule has 1 aromatic heterocycles. The minimum absolute atomic E-state index is 0.300. The summed E-state index contributed by atoms with van der Waals surface area (Å²) in [7, 11) is -3.26. The molecule has 1 heterocycles. The molecule has 0 fully saturated rings. The van der Waals surface area contributed by atoms with Crippen LogP contribution in [0.5, 0.6) is 0 Å². The maximum absolute atomic E-state index is 11.0. The van der Waals surface area contributed by atoms with Crippen molar-refractivity contribution in [2.75, 3.05) is 11.0 Å². The molecule has 0 saturated carbocycles. The minimum atomic E-state index is -3.26. The number of nitrogens with zero attached hydrogens (tertiary/aromatic N) is 3. The summed E-state index contributed by atoms with van der Waals surface area (Å²) < 4.78 is 26.2. The second kappa shape index (κ2) is 4.26. The maximum Gasteiger partial charge on any atom is 0.242 e. The number of aromatic amines is 1. The third-order valence-electron chi connectivity index (χ3n) is 1.90. The SMILES string of the molecule is CS(=O)(=O)Nc1ccc(-n2[nH]nnc2=S)cc1. The smallest absolute Gasteiger partial charge is 0.242 e. The summed E-state index contributed by atoms with van der Waals surface area (Å²) in [5, 5.41) is 9.79. The zero-order valence-corrected chi connectivity index (χ0v) is 10.4. The molecule has 0 aliphatic carbocycles. The Bertz CT molecular complexity index is 670. The number of rotatable bonds is 3. The second-order valence-corrected chi connectivity index (χ2v) is 5.45. The Labute approximate surface area is 103 Å². The molecule has 1 aromatic carbocycles. The van der Waals surface area contributed by atoms with Crippen LogP contribution < -0.4 is 4.72 Å². The Morgan fingerprint density at radius 1 is 1.35 bits per heavy atom. The quantitative estimate of drug-likeness (QED) is 0.801. The summed E-state index contributed by atoms with van der Waals surface area (Å²) >= 11 is 4.93. The first-order chi connectivity index (χ1) is 7.96. The Morgan fingerprint density at radius 3 is 2.47 bits per heavy atom. The third-order valence-corrected chi connectivity index (χ3v) is 2.77. The number of aromatic nitrogens is 4. The zero-order valence-electron chi connectivity index (χ0n) is 8.78. The van der Waals surface area contributed by atoms with Crippen LogP contribution in [0.4, 0.5) is 5.69 Å². The van der Waals surface area contributed by atoms with Crippen molar-refractivity contribution in [1.29, 1.82) is 0 Å². The molecule has 0 spiro atoms. The second-order valence-electron chi connectivity index (χ2n) is 3.34. The van der Waals surface area contributed by atoms with Gasteiger partial charge in [0.1, 0.15) is 0 Å². The molecule has 0 amide bonds. The number of tetrazole rings is 1.